The van der Waals surface area contributed by atoms with Crippen LogP contribution in [0.15, 0.2) is 22.7 Å². The molecular formula is C15H21Br2NO. The molecule has 0 saturated carbocycles. The topological polar surface area (TPSA) is 29.1 Å². The number of carbonyl (C=O) groups excluding carboxylic acids is 1. The molecule has 19 heavy (non-hydrogen) atoms. The molecule has 0 spiro atoms. The normalized spacial score (nSPS) is 12.2. The second-order valence-corrected chi connectivity index (χ2v) is 6.47. The highest BCUT2D eigenvalue weighted by molar-refractivity contribution is 9.10. The minimum Gasteiger partial charge on any atom is -0.352 e. The number of rotatable bonds is 7. The Morgan fingerprint density at radius 1 is 1.37 bits per heavy atom. The van der Waals surface area contributed by atoms with Gasteiger partial charge in [-0.25, -0.2) is 0 Å². The SMILES string of the molecule is CCCC(CCBr)CNC(=O)c1ccc(C)cc1Br. The zero-order chi connectivity index (χ0) is 14.3. The second-order valence-electron chi connectivity index (χ2n) is 4.83. The van der Waals surface area contributed by atoms with Gasteiger partial charge in [0, 0.05) is 16.3 Å². The third kappa shape index (κ3) is 5.65. The number of hydrogen-bond acceptors (Lipinski definition) is 1. The highest BCUT2D eigenvalue weighted by Crippen LogP contribution is 2.18. The van der Waals surface area contributed by atoms with Crippen molar-refractivity contribution in [1.29, 1.82) is 0 Å². The van der Waals surface area contributed by atoms with Crippen molar-refractivity contribution in [3.05, 3.63) is 33.8 Å². The molecule has 1 aromatic carbocycles. The zero-order valence-electron chi connectivity index (χ0n) is 11.5. The Kier molecular flexibility index (Phi) is 7.69. The van der Waals surface area contributed by atoms with Crippen molar-refractivity contribution in [3.63, 3.8) is 0 Å². The molecule has 0 aromatic heterocycles. The lowest BCUT2D eigenvalue weighted by Crippen LogP contribution is -2.29. The van der Waals surface area contributed by atoms with Crippen LogP contribution < -0.4 is 5.32 Å². The predicted octanol–water partition coefficient (Wildman–Crippen LogP) is 4.69. The minimum absolute atomic E-state index is 0.00236. The summed E-state index contributed by atoms with van der Waals surface area (Å²) in [5, 5.41) is 4.03. The number of hydrogen-bond donors (Lipinski definition) is 1. The lowest BCUT2D eigenvalue weighted by molar-refractivity contribution is 0.0945. The van der Waals surface area contributed by atoms with Crippen LogP contribution in [0.4, 0.5) is 0 Å². The lowest BCUT2D eigenvalue weighted by atomic mass is 10.0. The van der Waals surface area contributed by atoms with Crippen molar-refractivity contribution in [2.75, 3.05) is 11.9 Å². The van der Waals surface area contributed by atoms with E-state index < -0.39 is 0 Å². The zero-order valence-corrected chi connectivity index (χ0v) is 14.7. The van der Waals surface area contributed by atoms with Gasteiger partial charge in [-0.05, 0) is 59.3 Å². The average molecular weight is 391 g/mol. The van der Waals surface area contributed by atoms with Crippen LogP contribution in [0.25, 0.3) is 0 Å². The van der Waals surface area contributed by atoms with Crippen molar-refractivity contribution in [2.24, 2.45) is 5.92 Å². The number of amides is 1. The van der Waals surface area contributed by atoms with Crippen LogP contribution >= 0.6 is 31.9 Å². The molecule has 1 unspecified atom stereocenters. The number of aryl methyl sites for hydroxylation is 1. The third-order valence-corrected chi connectivity index (χ3v) is 4.25. The first-order chi connectivity index (χ1) is 9.08. The van der Waals surface area contributed by atoms with E-state index in [9.17, 15) is 4.79 Å². The Hall–Kier alpha value is -0.350. The largest absolute Gasteiger partial charge is 0.352 e. The van der Waals surface area contributed by atoms with Gasteiger partial charge in [-0.1, -0.05) is 35.3 Å². The number of benzene rings is 1. The molecule has 0 heterocycles. The van der Waals surface area contributed by atoms with Gasteiger partial charge in [0.25, 0.3) is 5.91 Å². The first kappa shape index (κ1) is 16.7. The molecule has 2 nitrogen and oxygen atoms in total. The van der Waals surface area contributed by atoms with Crippen LogP contribution in [0.1, 0.15) is 42.1 Å². The molecule has 0 aliphatic carbocycles. The quantitative estimate of drug-likeness (QED) is 0.672. The molecule has 0 saturated heterocycles. The Morgan fingerprint density at radius 3 is 2.68 bits per heavy atom. The minimum atomic E-state index is 0.00236. The van der Waals surface area contributed by atoms with E-state index >= 15 is 0 Å². The lowest BCUT2D eigenvalue weighted by Gasteiger charge is -2.16. The summed E-state index contributed by atoms with van der Waals surface area (Å²) in [5.74, 6) is 0.556. The van der Waals surface area contributed by atoms with Gasteiger partial charge in [-0.3, -0.25) is 4.79 Å². The fourth-order valence-electron chi connectivity index (χ4n) is 2.05. The van der Waals surface area contributed by atoms with E-state index in [1.54, 1.807) is 0 Å². The summed E-state index contributed by atoms with van der Waals surface area (Å²) in [6, 6.07) is 5.80. The third-order valence-electron chi connectivity index (χ3n) is 3.13. The maximum Gasteiger partial charge on any atom is 0.252 e. The smallest absolute Gasteiger partial charge is 0.252 e. The van der Waals surface area contributed by atoms with E-state index in [2.05, 4.69) is 44.1 Å². The van der Waals surface area contributed by atoms with E-state index in [0.717, 1.165) is 41.2 Å². The summed E-state index contributed by atoms with van der Waals surface area (Å²) in [4.78, 5) is 12.1. The van der Waals surface area contributed by atoms with E-state index in [1.165, 1.54) is 0 Å². The maximum atomic E-state index is 12.1. The molecule has 1 atom stereocenters. The number of nitrogens with one attached hydrogen (secondary N) is 1. The summed E-state index contributed by atoms with van der Waals surface area (Å²) in [6.45, 7) is 4.94. The van der Waals surface area contributed by atoms with Gasteiger partial charge < -0.3 is 5.32 Å². The van der Waals surface area contributed by atoms with Crippen LogP contribution in [0.2, 0.25) is 0 Å². The predicted molar refractivity (Wildman–Crippen MR) is 88.0 cm³/mol. The van der Waals surface area contributed by atoms with Gasteiger partial charge in [-0.2, -0.15) is 0 Å². The summed E-state index contributed by atoms with van der Waals surface area (Å²) >= 11 is 6.92. The van der Waals surface area contributed by atoms with Crippen LogP contribution in [-0.4, -0.2) is 17.8 Å². The Labute approximate surface area is 132 Å². The Bertz CT molecular complexity index is 415. The average Bonchev–Trinajstić information content (AvgIpc) is 2.36. The molecule has 1 aromatic rings. The molecule has 0 aliphatic heterocycles. The fourth-order valence-corrected chi connectivity index (χ4v) is 3.37. The molecule has 4 heteroatoms. The molecule has 0 fully saturated rings. The number of alkyl halides is 1. The maximum absolute atomic E-state index is 12.1. The summed E-state index contributed by atoms with van der Waals surface area (Å²) in [7, 11) is 0. The van der Waals surface area contributed by atoms with Crippen LogP contribution in [0.3, 0.4) is 0 Å². The van der Waals surface area contributed by atoms with Gasteiger partial charge in [0.1, 0.15) is 0 Å². The van der Waals surface area contributed by atoms with Crippen LogP contribution in [0, 0.1) is 12.8 Å². The van der Waals surface area contributed by atoms with Crippen molar-refractivity contribution in [3.8, 4) is 0 Å². The molecule has 0 aliphatic rings. The van der Waals surface area contributed by atoms with E-state index in [4.69, 9.17) is 0 Å². The monoisotopic (exact) mass is 389 g/mol. The molecule has 0 radical (unpaired) electrons. The van der Waals surface area contributed by atoms with Crippen molar-refractivity contribution >= 4 is 37.8 Å². The van der Waals surface area contributed by atoms with Crippen LogP contribution in [-0.2, 0) is 0 Å². The first-order valence-electron chi connectivity index (χ1n) is 6.68. The standard InChI is InChI=1S/C15H21Br2NO/c1-3-4-12(7-8-16)10-18-15(19)13-6-5-11(2)9-14(13)17/h5-6,9,12H,3-4,7-8,10H2,1-2H3,(H,18,19). The van der Waals surface area contributed by atoms with Crippen molar-refractivity contribution < 1.29 is 4.79 Å². The number of halogens is 2. The molecule has 1 rings (SSSR count). The molecular weight excluding hydrogens is 370 g/mol. The highest BCUT2D eigenvalue weighted by atomic mass is 79.9. The van der Waals surface area contributed by atoms with Crippen molar-refractivity contribution in [2.45, 2.75) is 33.1 Å². The van der Waals surface area contributed by atoms with Gasteiger partial charge in [0.15, 0.2) is 0 Å². The summed E-state index contributed by atoms with van der Waals surface area (Å²) in [6.07, 6.45) is 3.41. The van der Waals surface area contributed by atoms with Gasteiger partial charge in [0.2, 0.25) is 0 Å². The molecule has 1 N–H and O–H groups in total. The first-order valence-corrected chi connectivity index (χ1v) is 8.60. The van der Waals surface area contributed by atoms with Gasteiger partial charge >= 0.3 is 0 Å². The molecule has 106 valence electrons. The molecule has 0 bridgehead atoms. The van der Waals surface area contributed by atoms with E-state index in [1.807, 2.05) is 25.1 Å². The summed E-state index contributed by atoms with van der Waals surface area (Å²) in [5.41, 5.74) is 1.85. The van der Waals surface area contributed by atoms with E-state index in [0.29, 0.717) is 11.5 Å². The number of carbonyl (C=O) groups is 1. The Balaban J connectivity index is 2.58. The molecule has 1 amide bonds. The fraction of sp³-hybridized carbons (Fsp3) is 0.533. The van der Waals surface area contributed by atoms with Gasteiger partial charge in [0.05, 0.1) is 5.56 Å². The summed E-state index contributed by atoms with van der Waals surface area (Å²) < 4.78 is 0.859. The van der Waals surface area contributed by atoms with Gasteiger partial charge in [-0.15, -0.1) is 0 Å². The second kappa shape index (κ2) is 8.75. The highest BCUT2D eigenvalue weighted by Gasteiger charge is 2.12. The Morgan fingerprint density at radius 2 is 2.11 bits per heavy atom. The van der Waals surface area contributed by atoms with E-state index in [-0.39, 0.29) is 5.91 Å². The van der Waals surface area contributed by atoms with Crippen LogP contribution in [0.5, 0.6) is 0 Å². The van der Waals surface area contributed by atoms with Crippen molar-refractivity contribution in [1.82, 2.24) is 5.32 Å².